The zero-order valence-corrected chi connectivity index (χ0v) is 11.1. The Kier molecular flexibility index (Phi) is 7.06. The van der Waals surface area contributed by atoms with Gasteiger partial charge >= 0.3 is 0 Å². The van der Waals surface area contributed by atoms with Gasteiger partial charge in [-0.15, -0.1) is 0 Å². The Hall–Kier alpha value is -0.0800. The average molecular weight is 227 g/mol. The molecule has 0 spiro atoms. The average Bonchev–Trinajstić information content (AvgIpc) is 2.35. The molecule has 1 fully saturated rings. The van der Waals surface area contributed by atoms with E-state index < -0.39 is 0 Å². The zero-order chi connectivity index (χ0) is 11.8. The number of nitrogens with zero attached hydrogens (tertiary/aromatic N) is 1. The number of hydrogen-bond acceptors (Lipinski definition) is 2. The lowest BCUT2D eigenvalue weighted by Gasteiger charge is -2.39. The van der Waals surface area contributed by atoms with Crippen LogP contribution in [0.2, 0.25) is 0 Å². The predicted molar refractivity (Wildman–Crippen MR) is 69.6 cm³/mol. The molecular formula is C14H29NO. The summed E-state index contributed by atoms with van der Waals surface area (Å²) in [7, 11) is 0. The van der Waals surface area contributed by atoms with Gasteiger partial charge in [0.2, 0.25) is 0 Å². The second-order valence-electron chi connectivity index (χ2n) is 5.08. The minimum absolute atomic E-state index is 0.347. The van der Waals surface area contributed by atoms with Crippen LogP contribution >= 0.6 is 0 Å². The quantitative estimate of drug-likeness (QED) is 0.676. The third-order valence-corrected chi connectivity index (χ3v) is 4.12. The molecule has 16 heavy (non-hydrogen) atoms. The highest BCUT2D eigenvalue weighted by Gasteiger charge is 2.27. The zero-order valence-electron chi connectivity index (χ0n) is 11.1. The maximum Gasteiger partial charge on any atom is 0.0431 e. The molecule has 0 bridgehead atoms. The van der Waals surface area contributed by atoms with Gasteiger partial charge in [-0.3, -0.25) is 0 Å². The molecule has 0 heterocycles. The van der Waals surface area contributed by atoms with Gasteiger partial charge in [0.25, 0.3) is 0 Å². The fourth-order valence-electron chi connectivity index (χ4n) is 3.13. The molecule has 1 aliphatic rings. The molecule has 0 saturated heterocycles. The Morgan fingerprint density at radius 2 is 1.88 bits per heavy atom. The normalized spacial score (nSPS) is 26.2. The molecule has 0 aromatic carbocycles. The van der Waals surface area contributed by atoms with Crippen LogP contribution in [-0.2, 0) is 0 Å². The van der Waals surface area contributed by atoms with Crippen LogP contribution in [0.3, 0.4) is 0 Å². The molecule has 0 aromatic heterocycles. The van der Waals surface area contributed by atoms with Crippen molar-refractivity contribution in [2.24, 2.45) is 5.92 Å². The van der Waals surface area contributed by atoms with Crippen LogP contribution in [0.15, 0.2) is 0 Å². The summed E-state index contributed by atoms with van der Waals surface area (Å²) in [6.07, 6.45) is 9.11. The molecule has 2 nitrogen and oxygen atoms in total. The predicted octanol–water partition coefficient (Wildman–Crippen LogP) is 3.05. The van der Waals surface area contributed by atoms with Crippen molar-refractivity contribution in [2.45, 2.75) is 64.8 Å². The molecule has 1 rings (SSSR count). The first kappa shape index (κ1) is 14.0. The topological polar surface area (TPSA) is 23.5 Å². The van der Waals surface area contributed by atoms with Crippen LogP contribution in [0.1, 0.15) is 58.8 Å². The number of unbranched alkanes of at least 4 members (excludes halogenated alkanes) is 1. The molecule has 2 unspecified atom stereocenters. The Morgan fingerprint density at radius 3 is 2.50 bits per heavy atom. The minimum Gasteiger partial charge on any atom is -0.396 e. The van der Waals surface area contributed by atoms with Gasteiger partial charge in [-0.1, -0.05) is 33.1 Å². The van der Waals surface area contributed by atoms with Crippen molar-refractivity contribution in [1.82, 2.24) is 4.90 Å². The number of rotatable bonds is 7. The number of aliphatic hydroxyl groups is 1. The van der Waals surface area contributed by atoms with Crippen LogP contribution in [0.5, 0.6) is 0 Å². The first-order valence-corrected chi connectivity index (χ1v) is 7.18. The molecule has 0 radical (unpaired) electrons. The van der Waals surface area contributed by atoms with Gasteiger partial charge in [0.05, 0.1) is 0 Å². The SMILES string of the molecule is CCC1CCCCC1N(CC)CCCCO. The highest BCUT2D eigenvalue weighted by atomic mass is 16.2. The molecule has 0 amide bonds. The van der Waals surface area contributed by atoms with Gasteiger partial charge < -0.3 is 10.0 Å². The van der Waals surface area contributed by atoms with E-state index >= 15 is 0 Å². The maximum atomic E-state index is 8.84. The largest absolute Gasteiger partial charge is 0.396 e. The van der Waals surface area contributed by atoms with Crippen molar-refractivity contribution < 1.29 is 5.11 Å². The molecule has 1 saturated carbocycles. The smallest absolute Gasteiger partial charge is 0.0431 e. The summed E-state index contributed by atoms with van der Waals surface area (Å²) in [6.45, 7) is 7.31. The van der Waals surface area contributed by atoms with Crippen molar-refractivity contribution in [3.8, 4) is 0 Å². The fraction of sp³-hybridized carbons (Fsp3) is 1.00. The van der Waals surface area contributed by atoms with Crippen molar-refractivity contribution in [1.29, 1.82) is 0 Å². The van der Waals surface area contributed by atoms with Gasteiger partial charge in [-0.25, -0.2) is 0 Å². The van der Waals surface area contributed by atoms with Crippen LogP contribution in [0.4, 0.5) is 0 Å². The van der Waals surface area contributed by atoms with Crippen LogP contribution in [0.25, 0.3) is 0 Å². The lowest BCUT2D eigenvalue weighted by atomic mass is 9.82. The van der Waals surface area contributed by atoms with Gasteiger partial charge in [-0.05, 0) is 44.7 Å². The lowest BCUT2D eigenvalue weighted by Crippen LogP contribution is -2.42. The molecular weight excluding hydrogens is 198 g/mol. The first-order chi connectivity index (χ1) is 7.83. The molecule has 2 heteroatoms. The Morgan fingerprint density at radius 1 is 1.12 bits per heavy atom. The van der Waals surface area contributed by atoms with Crippen LogP contribution in [0, 0.1) is 5.92 Å². The summed E-state index contributed by atoms with van der Waals surface area (Å²) in [5.74, 6) is 0.919. The highest BCUT2D eigenvalue weighted by Crippen LogP contribution is 2.30. The van der Waals surface area contributed by atoms with E-state index in [9.17, 15) is 0 Å². The minimum atomic E-state index is 0.347. The third kappa shape index (κ3) is 4.06. The van der Waals surface area contributed by atoms with E-state index in [1.807, 2.05) is 0 Å². The monoisotopic (exact) mass is 227 g/mol. The van der Waals surface area contributed by atoms with E-state index in [0.717, 1.165) is 24.8 Å². The summed E-state index contributed by atoms with van der Waals surface area (Å²) < 4.78 is 0. The van der Waals surface area contributed by atoms with Crippen molar-refractivity contribution >= 4 is 0 Å². The summed E-state index contributed by atoms with van der Waals surface area (Å²) >= 11 is 0. The van der Waals surface area contributed by atoms with Crippen molar-refractivity contribution in [2.75, 3.05) is 19.7 Å². The molecule has 1 N–H and O–H groups in total. The van der Waals surface area contributed by atoms with E-state index in [1.54, 1.807) is 0 Å². The van der Waals surface area contributed by atoms with Gasteiger partial charge in [0, 0.05) is 12.6 Å². The first-order valence-electron chi connectivity index (χ1n) is 7.18. The molecule has 2 atom stereocenters. The van der Waals surface area contributed by atoms with E-state index in [0.29, 0.717) is 6.61 Å². The molecule has 0 aromatic rings. The van der Waals surface area contributed by atoms with Crippen molar-refractivity contribution in [3.05, 3.63) is 0 Å². The van der Waals surface area contributed by atoms with Crippen LogP contribution < -0.4 is 0 Å². The summed E-state index contributed by atoms with van der Waals surface area (Å²) in [5, 5.41) is 8.84. The molecule has 96 valence electrons. The maximum absolute atomic E-state index is 8.84. The third-order valence-electron chi connectivity index (χ3n) is 4.12. The Labute approximate surface area is 101 Å². The second kappa shape index (κ2) is 8.08. The Balaban J connectivity index is 2.41. The van der Waals surface area contributed by atoms with Gasteiger partial charge in [-0.2, -0.15) is 0 Å². The van der Waals surface area contributed by atoms with E-state index in [1.165, 1.54) is 45.2 Å². The van der Waals surface area contributed by atoms with E-state index in [2.05, 4.69) is 18.7 Å². The fourth-order valence-corrected chi connectivity index (χ4v) is 3.13. The standard InChI is InChI=1S/C14H29NO/c1-3-13-9-5-6-10-14(13)15(4-2)11-7-8-12-16/h13-14,16H,3-12H2,1-2H3. The summed E-state index contributed by atoms with van der Waals surface area (Å²) in [6, 6.07) is 0.822. The molecule has 1 aliphatic carbocycles. The van der Waals surface area contributed by atoms with E-state index in [4.69, 9.17) is 5.11 Å². The summed E-state index contributed by atoms with van der Waals surface area (Å²) in [4.78, 5) is 2.66. The van der Waals surface area contributed by atoms with Gasteiger partial charge in [0.1, 0.15) is 0 Å². The van der Waals surface area contributed by atoms with E-state index in [-0.39, 0.29) is 0 Å². The lowest BCUT2D eigenvalue weighted by molar-refractivity contribution is 0.102. The highest BCUT2D eigenvalue weighted by molar-refractivity contribution is 4.82. The molecule has 0 aliphatic heterocycles. The Bertz CT molecular complexity index is 172. The van der Waals surface area contributed by atoms with Crippen LogP contribution in [-0.4, -0.2) is 35.7 Å². The van der Waals surface area contributed by atoms with Gasteiger partial charge in [0.15, 0.2) is 0 Å². The summed E-state index contributed by atoms with van der Waals surface area (Å²) in [5.41, 5.74) is 0. The number of aliphatic hydroxyl groups excluding tert-OH is 1. The van der Waals surface area contributed by atoms with Crippen molar-refractivity contribution in [3.63, 3.8) is 0 Å². The number of hydrogen-bond donors (Lipinski definition) is 1. The second-order valence-corrected chi connectivity index (χ2v) is 5.08.